The molecule has 0 radical (unpaired) electrons. The smallest absolute Gasteiger partial charge is 0.253 e. The molecule has 0 unspecified atom stereocenters. The first-order valence-electron chi connectivity index (χ1n) is 10.0. The maximum atomic E-state index is 13.0. The summed E-state index contributed by atoms with van der Waals surface area (Å²) in [4.78, 5) is 19.8. The summed E-state index contributed by atoms with van der Waals surface area (Å²) in [6, 6.07) is 8.20. The first kappa shape index (κ1) is 19.7. The lowest BCUT2D eigenvalue weighted by Gasteiger charge is -2.31. The van der Waals surface area contributed by atoms with E-state index in [0.717, 1.165) is 68.9 Å². The highest BCUT2D eigenvalue weighted by Gasteiger charge is 2.25. The predicted molar refractivity (Wildman–Crippen MR) is 116 cm³/mol. The van der Waals surface area contributed by atoms with Gasteiger partial charge in [0, 0.05) is 41.1 Å². The Hall–Kier alpha value is -1.57. The number of ether oxygens (including phenoxy) is 1. The standard InChI is InChI=1S/C21H27N3O2S2/c1-15-14-27-21(22-15)28-17-8-6-16(7-9-17)23-20(25)18-4-2-3-5-19(18)24-10-12-26-13-11-24/h2-5,14,16-17H,6-13H2,1H3,(H,23,25). The van der Waals surface area contributed by atoms with Crippen molar-refractivity contribution in [3.8, 4) is 0 Å². The minimum absolute atomic E-state index is 0.0498. The number of nitrogens with zero attached hydrogens (tertiary/aromatic N) is 2. The van der Waals surface area contributed by atoms with Crippen LogP contribution in [0.5, 0.6) is 0 Å². The molecule has 0 spiro atoms. The Morgan fingerprint density at radius 1 is 1.21 bits per heavy atom. The highest BCUT2D eigenvalue weighted by molar-refractivity contribution is 8.01. The molecule has 2 aromatic rings. The molecule has 150 valence electrons. The van der Waals surface area contributed by atoms with Gasteiger partial charge in [-0.25, -0.2) is 4.98 Å². The van der Waals surface area contributed by atoms with Crippen LogP contribution >= 0.6 is 23.1 Å². The molecular formula is C21H27N3O2S2. The number of morpholine rings is 1. The molecule has 5 nitrogen and oxygen atoms in total. The molecule has 1 aromatic heterocycles. The number of thiazole rings is 1. The lowest BCUT2D eigenvalue weighted by molar-refractivity contribution is 0.0927. The predicted octanol–water partition coefficient (Wildman–Crippen LogP) is 4.12. The van der Waals surface area contributed by atoms with Crippen LogP contribution in [0.1, 0.15) is 41.7 Å². The average Bonchev–Trinajstić information content (AvgIpc) is 3.14. The van der Waals surface area contributed by atoms with E-state index in [-0.39, 0.29) is 11.9 Å². The largest absolute Gasteiger partial charge is 0.378 e. The van der Waals surface area contributed by atoms with Gasteiger partial charge >= 0.3 is 0 Å². The highest BCUT2D eigenvalue weighted by Crippen LogP contribution is 2.35. The molecule has 2 fully saturated rings. The summed E-state index contributed by atoms with van der Waals surface area (Å²) in [6.07, 6.45) is 4.32. The van der Waals surface area contributed by atoms with Crippen LogP contribution in [0.4, 0.5) is 5.69 Å². The normalized spacial score (nSPS) is 22.8. The SMILES string of the molecule is Cc1csc(SC2CCC(NC(=O)c3ccccc3N3CCOCC3)CC2)n1. The molecule has 0 atom stereocenters. The molecule has 4 rings (SSSR count). The summed E-state index contributed by atoms with van der Waals surface area (Å²) in [7, 11) is 0. The zero-order valence-corrected chi connectivity index (χ0v) is 17.9. The molecule has 1 aromatic carbocycles. The highest BCUT2D eigenvalue weighted by atomic mass is 32.2. The van der Waals surface area contributed by atoms with Crippen LogP contribution in [-0.2, 0) is 4.74 Å². The third-order valence-corrected chi connectivity index (χ3v) is 7.80. The summed E-state index contributed by atoms with van der Waals surface area (Å²) in [5, 5.41) is 6.01. The number of para-hydroxylation sites is 1. The molecule has 28 heavy (non-hydrogen) atoms. The topological polar surface area (TPSA) is 54.5 Å². The quantitative estimate of drug-likeness (QED) is 0.793. The molecule has 1 N–H and O–H groups in total. The minimum atomic E-state index is 0.0498. The van der Waals surface area contributed by atoms with E-state index in [1.165, 1.54) is 4.34 Å². The number of carbonyl (C=O) groups excluding carboxylic acids is 1. The number of hydrogen-bond acceptors (Lipinski definition) is 6. The zero-order valence-electron chi connectivity index (χ0n) is 16.2. The zero-order chi connectivity index (χ0) is 19.3. The summed E-state index contributed by atoms with van der Waals surface area (Å²) in [5.41, 5.74) is 2.90. The number of thioether (sulfide) groups is 1. The average molecular weight is 418 g/mol. The van der Waals surface area contributed by atoms with E-state index in [9.17, 15) is 4.79 Å². The summed E-state index contributed by atoms with van der Waals surface area (Å²) >= 11 is 3.64. The number of rotatable bonds is 5. The Balaban J connectivity index is 1.32. The van der Waals surface area contributed by atoms with Gasteiger partial charge in [-0.05, 0) is 44.7 Å². The summed E-state index contributed by atoms with van der Waals surface area (Å²) in [6.45, 7) is 5.15. The van der Waals surface area contributed by atoms with Crippen molar-refractivity contribution in [3.63, 3.8) is 0 Å². The number of aryl methyl sites for hydroxylation is 1. The lowest BCUT2D eigenvalue weighted by Crippen LogP contribution is -2.40. The van der Waals surface area contributed by atoms with Crippen molar-refractivity contribution in [2.45, 2.75) is 48.2 Å². The molecule has 2 heterocycles. The van der Waals surface area contributed by atoms with Crippen molar-refractivity contribution in [1.82, 2.24) is 10.3 Å². The fourth-order valence-electron chi connectivity index (χ4n) is 3.86. The van der Waals surface area contributed by atoms with E-state index in [1.807, 2.05) is 43.0 Å². The molecule has 1 aliphatic heterocycles. The molecular weight excluding hydrogens is 390 g/mol. The summed E-state index contributed by atoms with van der Waals surface area (Å²) < 4.78 is 6.62. The van der Waals surface area contributed by atoms with E-state index >= 15 is 0 Å². The van der Waals surface area contributed by atoms with E-state index < -0.39 is 0 Å². The number of nitrogens with one attached hydrogen (secondary N) is 1. The first-order chi connectivity index (χ1) is 13.7. The Morgan fingerprint density at radius 3 is 2.68 bits per heavy atom. The second kappa shape index (κ2) is 9.29. The Morgan fingerprint density at radius 2 is 1.96 bits per heavy atom. The van der Waals surface area contributed by atoms with Crippen LogP contribution < -0.4 is 10.2 Å². The van der Waals surface area contributed by atoms with Gasteiger partial charge in [-0.1, -0.05) is 23.9 Å². The molecule has 1 saturated carbocycles. The van der Waals surface area contributed by atoms with Gasteiger partial charge in [0.2, 0.25) is 0 Å². The van der Waals surface area contributed by atoms with Gasteiger partial charge in [-0.15, -0.1) is 11.3 Å². The summed E-state index contributed by atoms with van der Waals surface area (Å²) in [5.74, 6) is 0.0498. The van der Waals surface area contributed by atoms with E-state index in [1.54, 1.807) is 11.3 Å². The maximum Gasteiger partial charge on any atom is 0.253 e. The number of aromatic nitrogens is 1. The fraction of sp³-hybridized carbons (Fsp3) is 0.524. The Bertz CT molecular complexity index is 796. The number of carbonyl (C=O) groups is 1. The van der Waals surface area contributed by atoms with Crippen LogP contribution in [-0.4, -0.2) is 48.5 Å². The van der Waals surface area contributed by atoms with Crippen LogP contribution in [0.25, 0.3) is 0 Å². The van der Waals surface area contributed by atoms with Crippen LogP contribution in [0.3, 0.4) is 0 Å². The molecule has 1 aliphatic carbocycles. The van der Waals surface area contributed by atoms with Crippen molar-refractivity contribution in [2.75, 3.05) is 31.2 Å². The van der Waals surface area contributed by atoms with E-state index in [2.05, 4.69) is 20.6 Å². The third-order valence-electron chi connectivity index (χ3n) is 5.38. The number of anilines is 1. The van der Waals surface area contributed by atoms with Crippen molar-refractivity contribution in [2.24, 2.45) is 0 Å². The number of amides is 1. The first-order valence-corrected chi connectivity index (χ1v) is 11.8. The van der Waals surface area contributed by atoms with Crippen molar-refractivity contribution in [3.05, 3.63) is 40.9 Å². The fourth-order valence-corrected chi connectivity index (χ4v) is 6.15. The molecule has 1 saturated heterocycles. The van der Waals surface area contributed by atoms with Crippen LogP contribution in [0, 0.1) is 6.92 Å². The van der Waals surface area contributed by atoms with Crippen molar-refractivity contribution >= 4 is 34.7 Å². The Kier molecular flexibility index (Phi) is 6.54. The number of hydrogen-bond donors (Lipinski definition) is 1. The monoisotopic (exact) mass is 417 g/mol. The van der Waals surface area contributed by atoms with Gasteiger partial charge < -0.3 is 15.0 Å². The number of benzene rings is 1. The molecule has 2 aliphatic rings. The van der Waals surface area contributed by atoms with Crippen LogP contribution in [0.2, 0.25) is 0 Å². The van der Waals surface area contributed by atoms with E-state index in [4.69, 9.17) is 4.74 Å². The maximum absolute atomic E-state index is 13.0. The lowest BCUT2D eigenvalue weighted by atomic mass is 9.94. The molecule has 1 amide bonds. The van der Waals surface area contributed by atoms with Gasteiger partial charge in [-0.2, -0.15) is 0 Å². The van der Waals surface area contributed by atoms with Crippen molar-refractivity contribution in [1.29, 1.82) is 0 Å². The van der Waals surface area contributed by atoms with Gasteiger partial charge in [0.15, 0.2) is 0 Å². The third kappa shape index (κ3) is 4.88. The molecule has 7 heteroatoms. The molecule has 0 bridgehead atoms. The van der Waals surface area contributed by atoms with Gasteiger partial charge in [0.05, 0.1) is 18.8 Å². The minimum Gasteiger partial charge on any atom is -0.378 e. The Labute approximate surface area is 174 Å². The van der Waals surface area contributed by atoms with Crippen molar-refractivity contribution < 1.29 is 9.53 Å². The van der Waals surface area contributed by atoms with Gasteiger partial charge in [-0.3, -0.25) is 4.79 Å². The van der Waals surface area contributed by atoms with Gasteiger partial charge in [0.1, 0.15) is 4.34 Å². The second-order valence-electron chi connectivity index (χ2n) is 7.44. The van der Waals surface area contributed by atoms with Gasteiger partial charge in [0.25, 0.3) is 5.91 Å². The second-order valence-corrected chi connectivity index (χ2v) is 9.84. The van der Waals surface area contributed by atoms with Crippen LogP contribution in [0.15, 0.2) is 34.0 Å². The van der Waals surface area contributed by atoms with E-state index in [0.29, 0.717) is 5.25 Å².